The van der Waals surface area contributed by atoms with E-state index in [4.69, 9.17) is 9.05 Å². The van der Waals surface area contributed by atoms with Crippen molar-refractivity contribution in [2.75, 3.05) is 40.9 Å². The molecule has 0 aliphatic heterocycles. The molecule has 312 valence electrons. The van der Waals surface area contributed by atoms with Crippen molar-refractivity contribution >= 4 is 13.7 Å². The molecule has 0 heterocycles. The number of likely N-dealkylation sites (N-methyl/N-ethyl adjacent to an activating group) is 1. The van der Waals surface area contributed by atoms with Crippen molar-refractivity contribution in [3.63, 3.8) is 0 Å². The van der Waals surface area contributed by atoms with Crippen LogP contribution in [0.3, 0.4) is 0 Å². The maximum atomic E-state index is 12.8. The molecule has 0 saturated heterocycles. The van der Waals surface area contributed by atoms with E-state index >= 15 is 0 Å². The van der Waals surface area contributed by atoms with Crippen LogP contribution in [0.1, 0.15) is 187 Å². The average molecular weight is 770 g/mol. The van der Waals surface area contributed by atoms with Crippen molar-refractivity contribution in [3.05, 3.63) is 36.5 Å². The Morgan fingerprint density at radius 1 is 0.623 bits per heavy atom. The number of hydrogen-bond donors (Lipinski definition) is 3. The quantitative estimate of drug-likeness (QED) is 0.0249. The lowest BCUT2D eigenvalue weighted by Crippen LogP contribution is -2.45. The molecular weight excluding hydrogens is 683 g/mol. The van der Waals surface area contributed by atoms with Crippen molar-refractivity contribution < 1.29 is 32.9 Å². The Morgan fingerprint density at radius 3 is 1.55 bits per heavy atom. The molecule has 0 saturated carbocycles. The number of aliphatic hydroxyl groups excluding tert-OH is 1. The normalized spacial score (nSPS) is 14.8. The summed E-state index contributed by atoms with van der Waals surface area (Å²) in [6, 6.07) is -0.864. The van der Waals surface area contributed by atoms with Crippen LogP contribution in [-0.2, 0) is 18.4 Å². The number of nitrogens with zero attached hydrogens (tertiary/aromatic N) is 1. The first kappa shape index (κ1) is 51.7. The van der Waals surface area contributed by atoms with E-state index in [-0.39, 0.29) is 19.1 Å². The molecule has 0 aromatic rings. The van der Waals surface area contributed by atoms with Crippen molar-refractivity contribution in [2.24, 2.45) is 0 Å². The fourth-order valence-electron chi connectivity index (χ4n) is 6.05. The van der Waals surface area contributed by atoms with E-state index in [1.165, 1.54) is 116 Å². The van der Waals surface area contributed by atoms with Crippen LogP contribution in [0.2, 0.25) is 0 Å². The van der Waals surface area contributed by atoms with Crippen LogP contribution >= 0.6 is 7.82 Å². The molecule has 0 aliphatic rings. The highest BCUT2D eigenvalue weighted by Gasteiger charge is 2.27. The first-order chi connectivity index (χ1) is 25.5. The number of amides is 1. The third-order valence-corrected chi connectivity index (χ3v) is 10.6. The van der Waals surface area contributed by atoms with Gasteiger partial charge >= 0.3 is 7.82 Å². The second-order valence-corrected chi connectivity index (χ2v) is 17.5. The van der Waals surface area contributed by atoms with Crippen molar-refractivity contribution in [1.29, 1.82) is 0 Å². The van der Waals surface area contributed by atoms with Gasteiger partial charge < -0.3 is 19.8 Å². The van der Waals surface area contributed by atoms with Gasteiger partial charge in [-0.05, 0) is 57.8 Å². The Labute approximate surface area is 327 Å². The Kier molecular flexibility index (Phi) is 35.5. The largest absolute Gasteiger partial charge is 0.472 e. The maximum Gasteiger partial charge on any atom is 0.472 e. The van der Waals surface area contributed by atoms with Crippen LogP contribution in [0.25, 0.3) is 0 Å². The number of rotatable bonds is 39. The fraction of sp³-hybridized carbons (Fsp3) is 0.841. The lowest BCUT2D eigenvalue weighted by molar-refractivity contribution is -0.870. The summed E-state index contributed by atoms with van der Waals surface area (Å²) < 4.78 is 23.5. The SMILES string of the molecule is CCCCC/C=C\CCCCCCCC(=O)NC(COP(=O)(O)OCC[N+](C)(C)C)C(O)/C=C/CC/C=C/CCCCCCCCCCCCCCC. The Morgan fingerprint density at radius 2 is 1.04 bits per heavy atom. The number of unbranched alkanes of at least 4 members (excludes halogenated alkanes) is 22. The summed E-state index contributed by atoms with van der Waals surface area (Å²) in [6.07, 6.45) is 43.6. The predicted molar refractivity (Wildman–Crippen MR) is 226 cm³/mol. The van der Waals surface area contributed by atoms with Gasteiger partial charge in [0.25, 0.3) is 0 Å². The summed E-state index contributed by atoms with van der Waals surface area (Å²) in [5, 5.41) is 13.8. The molecule has 53 heavy (non-hydrogen) atoms. The van der Waals surface area contributed by atoms with Crippen LogP contribution in [0, 0.1) is 0 Å². The van der Waals surface area contributed by atoms with Gasteiger partial charge in [-0.15, -0.1) is 0 Å². The van der Waals surface area contributed by atoms with Crippen molar-refractivity contribution in [2.45, 2.75) is 199 Å². The molecule has 0 aromatic carbocycles. The lowest BCUT2D eigenvalue weighted by atomic mass is 10.0. The molecule has 3 N–H and O–H groups in total. The topological polar surface area (TPSA) is 105 Å². The minimum absolute atomic E-state index is 0.0544. The molecule has 0 aromatic heterocycles. The molecule has 1 amide bonds. The molecule has 0 rings (SSSR count). The van der Waals surface area contributed by atoms with E-state index in [0.717, 1.165) is 51.4 Å². The van der Waals surface area contributed by atoms with Gasteiger partial charge in [0, 0.05) is 6.42 Å². The van der Waals surface area contributed by atoms with E-state index < -0.39 is 20.0 Å². The van der Waals surface area contributed by atoms with Gasteiger partial charge in [-0.1, -0.05) is 159 Å². The van der Waals surface area contributed by atoms with E-state index in [0.29, 0.717) is 17.4 Å². The monoisotopic (exact) mass is 770 g/mol. The van der Waals surface area contributed by atoms with Crippen molar-refractivity contribution in [1.82, 2.24) is 5.32 Å². The highest BCUT2D eigenvalue weighted by Crippen LogP contribution is 2.43. The molecule has 8 nitrogen and oxygen atoms in total. The minimum atomic E-state index is -4.34. The standard InChI is InChI=1S/C44H85N2O6P/c1-6-8-10-12-14-16-18-20-21-22-23-24-25-26-27-29-31-33-35-37-43(47)42(41-52-53(49,50)51-40-39-46(3,4)5)45-44(48)38-36-34-32-30-28-19-17-15-13-11-9-7-2/h15,17,27,29,35,37,42-43,47H,6-14,16,18-26,28,30-34,36,38-41H2,1-5H3,(H-,45,48,49,50)/p+1/b17-15-,29-27+,37-35+. The first-order valence-corrected chi connectivity index (χ1v) is 23.4. The van der Waals surface area contributed by atoms with Gasteiger partial charge in [-0.25, -0.2) is 4.57 Å². The second-order valence-electron chi connectivity index (χ2n) is 16.1. The summed E-state index contributed by atoms with van der Waals surface area (Å²) >= 11 is 0. The molecule has 0 fully saturated rings. The van der Waals surface area contributed by atoms with Crippen LogP contribution in [0.5, 0.6) is 0 Å². The van der Waals surface area contributed by atoms with E-state index in [1.54, 1.807) is 6.08 Å². The maximum absolute atomic E-state index is 12.8. The second kappa shape index (κ2) is 36.4. The molecule has 0 bridgehead atoms. The summed E-state index contributed by atoms with van der Waals surface area (Å²) in [5.74, 6) is -0.198. The number of aliphatic hydroxyl groups is 1. The minimum Gasteiger partial charge on any atom is -0.387 e. The zero-order valence-corrected chi connectivity index (χ0v) is 36.1. The van der Waals surface area contributed by atoms with Gasteiger partial charge in [0.2, 0.25) is 5.91 Å². The first-order valence-electron chi connectivity index (χ1n) is 21.9. The van der Waals surface area contributed by atoms with E-state index in [9.17, 15) is 19.4 Å². The smallest absolute Gasteiger partial charge is 0.387 e. The fourth-order valence-corrected chi connectivity index (χ4v) is 6.79. The molecule has 0 spiro atoms. The van der Waals surface area contributed by atoms with Gasteiger partial charge in [-0.3, -0.25) is 13.8 Å². The van der Waals surface area contributed by atoms with Crippen LogP contribution in [0.4, 0.5) is 0 Å². The average Bonchev–Trinajstić information content (AvgIpc) is 3.10. The summed E-state index contributed by atoms with van der Waals surface area (Å²) in [5.41, 5.74) is 0. The number of carbonyl (C=O) groups excluding carboxylic acids is 1. The Balaban J connectivity index is 4.48. The molecule has 3 atom stereocenters. The highest BCUT2D eigenvalue weighted by molar-refractivity contribution is 7.47. The van der Waals surface area contributed by atoms with Gasteiger partial charge in [0.1, 0.15) is 13.2 Å². The number of hydrogen-bond acceptors (Lipinski definition) is 5. The third-order valence-electron chi connectivity index (χ3n) is 9.58. The number of phosphoric ester groups is 1. The molecular formula is C44H86N2O6P+. The molecule has 9 heteroatoms. The van der Waals surface area contributed by atoms with Crippen molar-refractivity contribution in [3.8, 4) is 0 Å². The summed E-state index contributed by atoms with van der Waals surface area (Å²) in [6.45, 7) is 4.75. The molecule has 0 radical (unpaired) electrons. The number of nitrogens with one attached hydrogen (secondary N) is 1. The van der Waals surface area contributed by atoms with E-state index in [1.807, 2.05) is 27.2 Å². The molecule has 3 unspecified atom stereocenters. The van der Waals surface area contributed by atoms with Gasteiger partial charge in [0.15, 0.2) is 0 Å². The Hall–Kier alpha value is -1.28. The number of allylic oxidation sites excluding steroid dienone is 5. The Bertz CT molecular complexity index is 964. The van der Waals surface area contributed by atoms with Crippen LogP contribution < -0.4 is 5.32 Å². The zero-order valence-electron chi connectivity index (χ0n) is 35.3. The van der Waals surface area contributed by atoms with Gasteiger partial charge in [0.05, 0.1) is 39.9 Å². The van der Waals surface area contributed by atoms with Crippen LogP contribution in [-0.4, -0.2) is 73.4 Å². The highest BCUT2D eigenvalue weighted by atomic mass is 31.2. The zero-order chi connectivity index (χ0) is 39.3. The third kappa shape index (κ3) is 38.8. The number of quaternary nitrogens is 1. The van der Waals surface area contributed by atoms with E-state index in [2.05, 4.69) is 43.5 Å². The summed E-state index contributed by atoms with van der Waals surface area (Å²) in [4.78, 5) is 23.0. The lowest BCUT2D eigenvalue weighted by Gasteiger charge is -2.25. The number of carbonyl (C=O) groups is 1. The number of phosphoric acid groups is 1. The summed E-state index contributed by atoms with van der Waals surface area (Å²) in [7, 11) is 1.55. The molecule has 0 aliphatic carbocycles. The van der Waals surface area contributed by atoms with Gasteiger partial charge in [-0.2, -0.15) is 0 Å². The predicted octanol–water partition coefficient (Wildman–Crippen LogP) is 11.9. The van der Waals surface area contributed by atoms with Crippen LogP contribution in [0.15, 0.2) is 36.5 Å².